The molecule has 33 heavy (non-hydrogen) atoms. The van der Waals surface area contributed by atoms with Gasteiger partial charge in [0, 0.05) is 12.3 Å². The smallest absolute Gasteiger partial charge is 0.215 e. The van der Waals surface area contributed by atoms with E-state index in [9.17, 15) is 4.79 Å². The summed E-state index contributed by atoms with van der Waals surface area (Å²) in [6.07, 6.45) is 5.50. The maximum Gasteiger partial charge on any atom is 0.215 e. The molecule has 0 bridgehead atoms. The Morgan fingerprint density at radius 1 is 1.15 bits per heavy atom. The fraction of sp³-hybridized carbons (Fsp3) is 0.667. The van der Waals surface area contributed by atoms with Gasteiger partial charge in [-0.1, -0.05) is 42.8 Å². The summed E-state index contributed by atoms with van der Waals surface area (Å²) < 4.78 is 31.8. The van der Waals surface area contributed by atoms with Crippen molar-refractivity contribution in [3.05, 3.63) is 47.5 Å². The van der Waals surface area contributed by atoms with Gasteiger partial charge in [0.15, 0.2) is 5.79 Å². The third-order valence-electron chi connectivity index (χ3n) is 6.83. The first kappa shape index (κ1) is 24.6. The Bertz CT molecular complexity index is 851. The highest BCUT2D eigenvalue weighted by Crippen LogP contribution is 2.44. The van der Waals surface area contributed by atoms with Gasteiger partial charge in [-0.3, -0.25) is 0 Å². The number of carbonyl (C=O) groups is 1. The van der Waals surface area contributed by atoms with Crippen LogP contribution in [0.4, 0.5) is 0 Å². The summed E-state index contributed by atoms with van der Waals surface area (Å²) in [5, 5.41) is 0. The molecule has 6 atom stereocenters. The van der Waals surface area contributed by atoms with Crippen LogP contribution in [0.25, 0.3) is 0 Å². The van der Waals surface area contributed by atoms with Crippen LogP contribution in [0.3, 0.4) is 0 Å². The van der Waals surface area contributed by atoms with Crippen LogP contribution in [0, 0.1) is 5.92 Å². The second-order valence-electron chi connectivity index (χ2n) is 10.6. The summed E-state index contributed by atoms with van der Waals surface area (Å²) in [5.41, 5.74) is 1.84. The zero-order valence-electron chi connectivity index (χ0n) is 20.5. The van der Waals surface area contributed by atoms with Crippen molar-refractivity contribution in [1.82, 2.24) is 0 Å². The van der Waals surface area contributed by atoms with Crippen molar-refractivity contribution in [3.8, 4) is 0 Å². The van der Waals surface area contributed by atoms with E-state index in [4.69, 9.17) is 23.7 Å². The molecule has 4 rings (SSSR count). The van der Waals surface area contributed by atoms with Crippen LogP contribution in [0.5, 0.6) is 0 Å². The third-order valence-corrected chi connectivity index (χ3v) is 6.83. The lowest BCUT2D eigenvalue weighted by atomic mass is 9.87. The van der Waals surface area contributed by atoms with Crippen LogP contribution in [0.1, 0.15) is 65.9 Å². The fourth-order valence-electron chi connectivity index (χ4n) is 5.25. The van der Waals surface area contributed by atoms with Gasteiger partial charge < -0.3 is 28.5 Å². The molecule has 182 valence electrons. The normalized spacial score (nSPS) is 37.0. The van der Waals surface area contributed by atoms with E-state index in [1.54, 1.807) is 0 Å². The topological polar surface area (TPSA) is 63.2 Å². The Morgan fingerprint density at radius 2 is 1.91 bits per heavy atom. The molecule has 2 saturated heterocycles. The van der Waals surface area contributed by atoms with Gasteiger partial charge in [0.1, 0.15) is 12.4 Å². The van der Waals surface area contributed by atoms with E-state index in [2.05, 4.69) is 32.1 Å². The van der Waals surface area contributed by atoms with Crippen molar-refractivity contribution in [2.45, 2.75) is 102 Å². The lowest BCUT2D eigenvalue weighted by Gasteiger charge is -2.49. The van der Waals surface area contributed by atoms with Crippen LogP contribution in [0.2, 0.25) is 0 Å². The second kappa shape index (κ2) is 9.59. The highest BCUT2D eigenvalue weighted by Gasteiger charge is 2.52. The average Bonchev–Trinajstić information content (AvgIpc) is 3.05. The van der Waals surface area contributed by atoms with Crippen molar-refractivity contribution < 1.29 is 28.5 Å². The zero-order chi connectivity index (χ0) is 23.7. The Balaban J connectivity index is 1.55. The van der Waals surface area contributed by atoms with Crippen molar-refractivity contribution in [2.24, 2.45) is 5.92 Å². The number of carbonyl (C=O) groups excluding carboxylic acids is 1. The summed E-state index contributed by atoms with van der Waals surface area (Å²) in [6, 6.07) is 10.1. The Kier molecular flexibility index (Phi) is 7.13. The largest absolute Gasteiger partial charge is 0.368 e. The van der Waals surface area contributed by atoms with Gasteiger partial charge in [0.2, 0.25) is 5.79 Å². The minimum absolute atomic E-state index is 0.0709. The predicted molar refractivity (Wildman–Crippen MR) is 124 cm³/mol. The monoisotopic (exact) mass is 458 g/mol. The molecular formula is C27H38O6. The van der Waals surface area contributed by atoms with Crippen molar-refractivity contribution in [3.63, 3.8) is 0 Å². The van der Waals surface area contributed by atoms with Crippen LogP contribution in [-0.2, 0) is 35.1 Å². The van der Waals surface area contributed by atoms with E-state index in [1.807, 2.05) is 39.0 Å². The lowest BCUT2D eigenvalue weighted by Crippen LogP contribution is -2.57. The minimum Gasteiger partial charge on any atom is -0.368 e. The summed E-state index contributed by atoms with van der Waals surface area (Å²) in [4.78, 5) is 11.6. The highest BCUT2D eigenvalue weighted by atomic mass is 16.8. The van der Waals surface area contributed by atoms with Gasteiger partial charge in [-0.05, 0) is 58.6 Å². The maximum atomic E-state index is 11.6. The summed E-state index contributed by atoms with van der Waals surface area (Å²) in [6.45, 7) is 10.9. The number of hydrogen-bond donors (Lipinski definition) is 0. The van der Waals surface area contributed by atoms with Crippen LogP contribution < -0.4 is 0 Å². The van der Waals surface area contributed by atoms with E-state index in [0.29, 0.717) is 26.1 Å². The molecule has 0 saturated carbocycles. The predicted octanol–water partition coefficient (Wildman–Crippen LogP) is 4.95. The summed E-state index contributed by atoms with van der Waals surface area (Å²) in [7, 11) is 0. The molecule has 3 aliphatic heterocycles. The fourth-order valence-corrected chi connectivity index (χ4v) is 5.25. The number of hydrogen-bond acceptors (Lipinski definition) is 6. The molecule has 1 aromatic rings. The van der Waals surface area contributed by atoms with Gasteiger partial charge >= 0.3 is 0 Å². The summed E-state index contributed by atoms with van der Waals surface area (Å²) in [5.74, 6) is -1.84. The van der Waals surface area contributed by atoms with Crippen molar-refractivity contribution >= 4 is 6.29 Å². The molecule has 0 N–H and O–H groups in total. The molecule has 6 heteroatoms. The highest BCUT2D eigenvalue weighted by molar-refractivity contribution is 5.54. The molecule has 3 aliphatic rings. The SMILES string of the molecule is CC1=C[C@@]2(O[C@H](C[C@]3(C)COC(C)(C)O3)CC[C@H]2OCc2ccccc2)O[C@H]([C@H](C)C=O)C1. The first-order valence-electron chi connectivity index (χ1n) is 12.1. The first-order valence-corrected chi connectivity index (χ1v) is 12.1. The molecule has 0 unspecified atom stereocenters. The molecule has 0 amide bonds. The van der Waals surface area contributed by atoms with Crippen LogP contribution in [-0.4, -0.2) is 48.4 Å². The molecule has 1 spiro atoms. The Labute approximate surface area is 197 Å². The van der Waals surface area contributed by atoms with E-state index < -0.39 is 17.2 Å². The molecule has 2 fully saturated rings. The number of rotatable bonds is 7. The lowest BCUT2D eigenvalue weighted by molar-refractivity contribution is -0.329. The van der Waals surface area contributed by atoms with Gasteiger partial charge in [0.05, 0.1) is 31.0 Å². The number of benzene rings is 1. The first-order chi connectivity index (χ1) is 15.6. The Morgan fingerprint density at radius 3 is 2.58 bits per heavy atom. The molecule has 1 aromatic carbocycles. The van der Waals surface area contributed by atoms with Gasteiger partial charge in [0.25, 0.3) is 0 Å². The van der Waals surface area contributed by atoms with Gasteiger partial charge in [-0.2, -0.15) is 0 Å². The third kappa shape index (κ3) is 5.75. The van der Waals surface area contributed by atoms with E-state index in [-0.39, 0.29) is 24.2 Å². The number of ether oxygens (including phenoxy) is 5. The summed E-state index contributed by atoms with van der Waals surface area (Å²) >= 11 is 0. The molecule has 0 aliphatic carbocycles. The van der Waals surface area contributed by atoms with E-state index in [0.717, 1.165) is 30.3 Å². The Hall–Kier alpha value is -1.57. The van der Waals surface area contributed by atoms with Gasteiger partial charge in [-0.25, -0.2) is 0 Å². The maximum absolute atomic E-state index is 11.6. The molecular weight excluding hydrogens is 420 g/mol. The van der Waals surface area contributed by atoms with E-state index >= 15 is 0 Å². The van der Waals surface area contributed by atoms with Crippen LogP contribution in [0.15, 0.2) is 42.0 Å². The average molecular weight is 459 g/mol. The van der Waals surface area contributed by atoms with Crippen molar-refractivity contribution in [2.75, 3.05) is 6.61 Å². The number of aldehydes is 1. The molecule has 0 radical (unpaired) electrons. The minimum atomic E-state index is -1.02. The second-order valence-corrected chi connectivity index (χ2v) is 10.6. The zero-order valence-corrected chi connectivity index (χ0v) is 20.5. The molecule has 3 heterocycles. The van der Waals surface area contributed by atoms with Crippen molar-refractivity contribution in [1.29, 1.82) is 0 Å². The standard InChI is InChI=1S/C27H38O6/c1-19-13-23(20(2)16-28)32-27(14-19)24(29-17-21-9-7-6-8-10-21)12-11-22(31-27)15-26(5)18-30-25(3,4)33-26/h6-10,14,16,20,22-24H,11-13,15,17-18H2,1-5H3/t20-,22+,23+,24-,26-,27-/m1/s1. The van der Waals surface area contributed by atoms with Crippen LogP contribution >= 0.6 is 0 Å². The molecule has 6 nitrogen and oxygen atoms in total. The van der Waals surface area contributed by atoms with E-state index in [1.165, 1.54) is 0 Å². The quantitative estimate of drug-likeness (QED) is 0.426. The molecule has 0 aromatic heterocycles. The van der Waals surface area contributed by atoms with Gasteiger partial charge in [-0.15, -0.1) is 0 Å².